The first-order chi connectivity index (χ1) is 10.6. The molecule has 0 unspecified atom stereocenters. The molecule has 114 valence electrons. The zero-order chi connectivity index (χ0) is 15.7. The van der Waals surface area contributed by atoms with Gasteiger partial charge in [0.1, 0.15) is 23.5 Å². The summed E-state index contributed by atoms with van der Waals surface area (Å²) >= 11 is 0. The van der Waals surface area contributed by atoms with E-state index in [1.165, 1.54) is 6.33 Å². The monoisotopic (exact) mass is 299 g/mol. The normalized spacial score (nSPS) is 12.9. The lowest BCUT2D eigenvalue weighted by atomic mass is 10.0. The molecule has 0 spiro atoms. The van der Waals surface area contributed by atoms with Crippen LogP contribution in [0.2, 0.25) is 0 Å². The van der Waals surface area contributed by atoms with Gasteiger partial charge >= 0.3 is 5.97 Å². The number of fused-ring (bicyclic) bond motifs is 3. The summed E-state index contributed by atoms with van der Waals surface area (Å²) in [7, 11) is 0. The number of nitrogens with zero attached hydrogens (tertiary/aromatic N) is 2. The molecule has 0 amide bonds. The minimum Gasteiger partial charge on any atom is -0.480 e. The quantitative estimate of drug-likeness (QED) is 0.751. The van der Waals surface area contributed by atoms with Crippen LogP contribution in [0.5, 0.6) is 0 Å². The Bertz CT molecular complexity index is 826. The highest BCUT2D eigenvalue weighted by Crippen LogP contribution is 2.30. The zero-order valence-electron chi connectivity index (χ0n) is 12.4. The number of carboxylic acid groups (broad SMARTS) is 1. The predicted octanol–water partition coefficient (Wildman–Crippen LogP) is 3.29. The van der Waals surface area contributed by atoms with E-state index in [1.807, 2.05) is 38.1 Å². The summed E-state index contributed by atoms with van der Waals surface area (Å²) in [5, 5.41) is 13.2. The van der Waals surface area contributed by atoms with Crippen molar-refractivity contribution < 1.29 is 14.3 Å². The standard InChI is InChI=1S/C16H17N3O3/c1-9(2)7-11(16(20)21)19-15-14-13(17-8-18-15)10-5-3-4-6-12(10)22-14/h3-6,8-9,11H,7H2,1-2H3,(H,20,21)(H,17,18,19)/t11-/m1/s1. The Morgan fingerprint density at radius 1 is 1.32 bits per heavy atom. The molecule has 0 aliphatic carbocycles. The first kappa shape index (κ1) is 14.3. The average Bonchev–Trinajstić information content (AvgIpc) is 2.86. The third-order valence-electron chi connectivity index (χ3n) is 3.47. The molecule has 2 aromatic heterocycles. The predicted molar refractivity (Wildman–Crippen MR) is 83.8 cm³/mol. The molecular formula is C16H17N3O3. The molecule has 0 fully saturated rings. The first-order valence-electron chi connectivity index (χ1n) is 7.18. The third kappa shape index (κ3) is 2.59. The highest BCUT2D eigenvalue weighted by molar-refractivity contribution is 6.05. The van der Waals surface area contributed by atoms with Gasteiger partial charge in [-0.05, 0) is 24.5 Å². The van der Waals surface area contributed by atoms with Crippen molar-refractivity contribution in [2.45, 2.75) is 26.3 Å². The molecule has 1 atom stereocenters. The molecule has 6 nitrogen and oxygen atoms in total. The summed E-state index contributed by atoms with van der Waals surface area (Å²) in [6, 6.07) is 6.84. The van der Waals surface area contributed by atoms with Crippen molar-refractivity contribution in [3.63, 3.8) is 0 Å². The topological polar surface area (TPSA) is 88.3 Å². The van der Waals surface area contributed by atoms with Gasteiger partial charge in [-0.25, -0.2) is 14.8 Å². The van der Waals surface area contributed by atoms with Crippen LogP contribution in [0.3, 0.4) is 0 Å². The van der Waals surface area contributed by atoms with Gasteiger partial charge in [-0.1, -0.05) is 26.0 Å². The first-order valence-corrected chi connectivity index (χ1v) is 7.18. The molecule has 0 radical (unpaired) electrons. The van der Waals surface area contributed by atoms with Crippen molar-refractivity contribution in [1.82, 2.24) is 9.97 Å². The van der Waals surface area contributed by atoms with E-state index < -0.39 is 12.0 Å². The molecule has 6 heteroatoms. The molecule has 0 aliphatic heterocycles. The van der Waals surface area contributed by atoms with E-state index in [4.69, 9.17) is 4.42 Å². The molecule has 1 aromatic carbocycles. The molecule has 3 aromatic rings. The number of hydrogen-bond donors (Lipinski definition) is 2. The van der Waals surface area contributed by atoms with Crippen LogP contribution >= 0.6 is 0 Å². The van der Waals surface area contributed by atoms with Crippen LogP contribution in [0.4, 0.5) is 5.82 Å². The van der Waals surface area contributed by atoms with Crippen molar-refractivity contribution in [2.24, 2.45) is 5.92 Å². The second kappa shape index (κ2) is 5.63. The number of hydrogen-bond acceptors (Lipinski definition) is 5. The van der Waals surface area contributed by atoms with Crippen LogP contribution in [0.1, 0.15) is 20.3 Å². The van der Waals surface area contributed by atoms with Crippen LogP contribution < -0.4 is 5.32 Å². The SMILES string of the molecule is CC(C)C[C@@H](Nc1ncnc2c1oc1ccccc12)C(=O)O. The fourth-order valence-electron chi connectivity index (χ4n) is 2.48. The molecule has 22 heavy (non-hydrogen) atoms. The van der Waals surface area contributed by atoms with Crippen LogP contribution in [-0.4, -0.2) is 27.1 Å². The van der Waals surface area contributed by atoms with Gasteiger partial charge in [0, 0.05) is 5.39 Å². The van der Waals surface area contributed by atoms with Crippen LogP contribution in [-0.2, 0) is 4.79 Å². The van der Waals surface area contributed by atoms with Crippen LogP contribution in [0, 0.1) is 5.92 Å². The Labute approximate surface area is 127 Å². The fraction of sp³-hybridized carbons (Fsp3) is 0.312. The Morgan fingerprint density at radius 2 is 2.09 bits per heavy atom. The zero-order valence-corrected chi connectivity index (χ0v) is 12.4. The third-order valence-corrected chi connectivity index (χ3v) is 3.47. The van der Waals surface area contributed by atoms with Gasteiger partial charge in [0.15, 0.2) is 11.4 Å². The Kier molecular flexibility index (Phi) is 3.66. The number of benzene rings is 1. The largest absolute Gasteiger partial charge is 0.480 e. The maximum absolute atomic E-state index is 11.4. The maximum Gasteiger partial charge on any atom is 0.326 e. The molecular weight excluding hydrogens is 282 g/mol. The number of para-hydroxylation sites is 1. The molecule has 0 bridgehead atoms. The van der Waals surface area contributed by atoms with Crippen molar-refractivity contribution in [3.05, 3.63) is 30.6 Å². The molecule has 0 saturated heterocycles. The summed E-state index contributed by atoms with van der Waals surface area (Å²) in [5.41, 5.74) is 1.87. The minimum atomic E-state index is -0.906. The number of carbonyl (C=O) groups is 1. The summed E-state index contributed by atoms with van der Waals surface area (Å²) in [4.78, 5) is 19.8. The van der Waals surface area contributed by atoms with E-state index in [9.17, 15) is 9.90 Å². The highest BCUT2D eigenvalue weighted by atomic mass is 16.4. The van der Waals surface area contributed by atoms with Gasteiger partial charge in [-0.2, -0.15) is 0 Å². The number of aromatic nitrogens is 2. The number of furan rings is 1. The molecule has 0 aliphatic rings. The second-order valence-electron chi connectivity index (χ2n) is 5.66. The van der Waals surface area contributed by atoms with E-state index in [1.54, 1.807) is 0 Å². The Balaban J connectivity index is 2.05. The van der Waals surface area contributed by atoms with Crippen LogP contribution in [0.15, 0.2) is 35.0 Å². The lowest BCUT2D eigenvalue weighted by Crippen LogP contribution is -2.31. The lowest BCUT2D eigenvalue weighted by Gasteiger charge is -2.16. The minimum absolute atomic E-state index is 0.251. The van der Waals surface area contributed by atoms with Gasteiger partial charge in [0.2, 0.25) is 0 Å². The summed E-state index contributed by atoms with van der Waals surface area (Å²) in [6.07, 6.45) is 1.92. The van der Waals surface area contributed by atoms with Crippen molar-refractivity contribution >= 4 is 33.9 Å². The number of carboxylic acids is 1. The molecule has 2 heterocycles. The number of rotatable bonds is 5. The van der Waals surface area contributed by atoms with Gasteiger partial charge in [0.25, 0.3) is 0 Å². The van der Waals surface area contributed by atoms with E-state index in [2.05, 4.69) is 15.3 Å². The van der Waals surface area contributed by atoms with Crippen molar-refractivity contribution in [3.8, 4) is 0 Å². The molecule has 0 saturated carbocycles. The smallest absolute Gasteiger partial charge is 0.326 e. The average molecular weight is 299 g/mol. The highest BCUT2D eigenvalue weighted by Gasteiger charge is 2.22. The van der Waals surface area contributed by atoms with Gasteiger partial charge in [0.05, 0.1) is 0 Å². The number of anilines is 1. The van der Waals surface area contributed by atoms with Gasteiger partial charge < -0.3 is 14.8 Å². The summed E-state index contributed by atoms with van der Waals surface area (Å²) < 4.78 is 5.79. The molecule has 3 rings (SSSR count). The maximum atomic E-state index is 11.4. The van der Waals surface area contributed by atoms with Gasteiger partial charge in [-0.3, -0.25) is 0 Å². The Hall–Kier alpha value is -2.63. The fourth-order valence-corrected chi connectivity index (χ4v) is 2.48. The lowest BCUT2D eigenvalue weighted by molar-refractivity contribution is -0.138. The summed E-state index contributed by atoms with van der Waals surface area (Å²) in [5.74, 6) is -0.243. The van der Waals surface area contributed by atoms with E-state index in [0.717, 1.165) is 5.39 Å². The Morgan fingerprint density at radius 3 is 2.82 bits per heavy atom. The number of aliphatic carboxylic acids is 1. The van der Waals surface area contributed by atoms with Crippen LogP contribution in [0.25, 0.3) is 22.1 Å². The van der Waals surface area contributed by atoms with Crippen molar-refractivity contribution in [1.29, 1.82) is 0 Å². The summed E-state index contributed by atoms with van der Waals surface area (Å²) in [6.45, 7) is 3.96. The van der Waals surface area contributed by atoms with E-state index >= 15 is 0 Å². The molecule has 2 N–H and O–H groups in total. The number of nitrogens with one attached hydrogen (secondary N) is 1. The van der Waals surface area contributed by atoms with E-state index in [-0.39, 0.29) is 5.92 Å². The van der Waals surface area contributed by atoms with E-state index in [0.29, 0.717) is 28.9 Å². The second-order valence-corrected chi connectivity index (χ2v) is 5.66. The van der Waals surface area contributed by atoms with Crippen molar-refractivity contribution in [2.75, 3.05) is 5.32 Å². The van der Waals surface area contributed by atoms with Gasteiger partial charge in [-0.15, -0.1) is 0 Å².